The molecule has 1 N–H and O–H groups in total. The van der Waals surface area contributed by atoms with Crippen molar-refractivity contribution in [3.8, 4) is 0 Å². The number of rotatable bonds is 53. The number of unbranched alkanes of at least 4 members (excludes halogenated alkanes) is 8. The Balaban J connectivity index is 4.52. The minimum Gasteiger partial charge on any atom is -0.466 e. The molecule has 0 radical (unpaired) electrons. The first kappa shape index (κ1) is 67.6. The summed E-state index contributed by atoms with van der Waals surface area (Å²) in [6, 6.07) is 0. The fourth-order valence-corrected chi connectivity index (χ4v) is 7.19. The predicted octanol–water partition coefficient (Wildman–Crippen LogP) is 15.1. The molecule has 1 unspecified atom stereocenters. The minimum atomic E-state index is -0.433. The number of carbonyl (C=O) groups excluding carboxylic acids is 2. The van der Waals surface area contributed by atoms with Crippen LogP contribution < -0.4 is 0 Å². The van der Waals surface area contributed by atoms with E-state index >= 15 is 0 Å². The van der Waals surface area contributed by atoms with Gasteiger partial charge in [-0.1, -0.05) is 157 Å². The molecule has 71 heavy (non-hydrogen) atoms. The molecule has 0 aliphatic rings. The van der Waals surface area contributed by atoms with E-state index in [1.54, 1.807) is 0 Å². The van der Waals surface area contributed by atoms with Crippen molar-refractivity contribution >= 4 is 11.9 Å². The number of ether oxygens (including phenoxy) is 6. The van der Waals surface area contributed by atoms with Gasteiger partial charge in [-0.15, -0.1) is 0 Å². The van der Waals surface area contributed by atoms with Crippen LogP contribution in [0.25, 0.3) is 0 Å². The molecule has 0 aromatic carbocycles. The van der Waals surface area contributed by atoms with E-state index in [-0.39, 0.29) is 31.4 Å². The van der Waals surface area contributed by atoms with Crippen molar-refractivity contribution in [2.45, 2.75) is 214 Å². The molecule has 408 valence electrons. The molecule has 0 amide bonds. The maximum Gasteiger partial charge on any atom is 0.305 e. The van der Waals surface area contributed by atoms with Crippen molar-refractivity contribution in [3.63, 3.8) is 0 Å². The average Bonchev–Trinajstić information content (AvgIpc) is 3.37. The van der Waals surface area contributed by atoms with Gasteiger partial charge in [0.05, 0.1) is 52.5 Å². The number of aliphatic hydroxyl groups excluding tert-OH is 1. The third kappa shape index (κ3) is 52.8. The van der Waals surface area contributed by atoms with Gasteiger partial charge in [-0.25, -0.2) is 0 Å². The van der Waals surface area contributed by atoms with Gasteiger partial charge in [-0.05, 0) is 135 Å². The number of aliphatic hydroxyl groups is 1. The summed E-state index contributed by atoms with van der Waals surface area (Å²) in [5, 5.41) is 9.37. The summed E-state index contributed by atoms with van der Waals surface area (Å²) < 4.78 is 35.3. The molecule has 0 saturated carbocycles. The zero-order valence-electron chi connectivity index (χ0n) is 45.7. The first-order chi connectivity index (χ1) is 35.0. The molecule has 0 spiro atoms. The highest BCUT2D eigenvalue weighted by molar-refractivity contribution is 5.69. The predicted molar refractivity (Wildman–Crippen MR) is 297 cm³/mol. The van der Waals surface area contributed by atoms with Crippen LogP contribution in [0.15, 0.2) is 97.2 Å². The van der Waals surface area contributed by atoms with Gasteiger partial charge in [0.25, 0.3) is 0 Å². The zero-order chi connectivity index (χ0) is 51.6. The molecule has 10 nitrogen and oxygen atoms in total. The Morgan fingerprint density at radius 3 is 1.06 bits per heavy atom. The van der Waals surface area contributed by atoms with Gasteiger partial charge in [0.15, 0.2) is 12.6 Å². The summed E-state index contributed by atoms with van der Waals surface area (Å²) in [5.74, 6) is -0.403. The summed E-state index contributed by atoms with van der Waals surface area (Å²) in [4.78, 5) is 27.8. The number of carbonyl (C=O) groups is 2. The Kier molecular flexibility index (Phi) is 54.8. The average molecular weight is 997 g/mol. The normalized spacial score (nSPS) is 13.4. The Morgan fingerprint density at radius 2 is 0.718 bits per heavy atom. The van der Waals surface area contributed by atoms with Crippen LogP contribution >= 0.6 is 0 Å². The fraction of sp³-hybridized carbons (Fsp3) is 0.705. The van der Waals surface area contributed by atoms with E-state index in [0.717, 1.165) is 161 Å². The van der Waals surface area contributed by atoms with Crippen LogP contribution in [0.5, 0.6) is 0 Å². The third-order valence-corrected chi connectivity index (χ3v) is 11.3. The van der Waals surface area contributed by atoms with Gasteiger partial charge in [0.2, 0.25) is 0 Å². The largest absolute Gasteiger partial charge is 0.466 e. The van der Waals surface area contributed by atoms with Gasteiger partial charge < -0.3 is 38.4 Å². The van der Waals surface area contributed by atoms with E-state index in [1.165, 1.54) is 6.42 Å². The van der Waals surface area contributed by atoms with Crippen molar-refractivity contribution < 1.29 is 43.1 Å². The van der Waals surface area contributed by atoms with Crippen molar-refractivity contribution in [3.05, 3.63) is 97.2 Å². The molecule has 0 aliphatic heterocycles. The molecule has 0 rings (SSSR count). The van der Waals surface area contributed by atoms with E-state index in [2.05, 4.69) is 130 Å². The maximum absolute atomic E-state index is 12.6. The zero-order valence-corrected chi connectivity index (χ0v) is 45.7. The van der Waals surface area contributed by atoms with Gasteiger partial charge >= 0.3 is 11.9 Å². The topological polar surface area (TPSA) is 113 Å². The minimum absolute atomic E-state index is 0.201. The summed E-state index contributed by atoms with van der Waals surface area (Å²) in [6.07, 6.45) is 57.5. The second-order valence-electron chi connectivity index (χ2n) is 17.8. The lowest BCUT2D eigenvalue weighted by atomic mass is 10.1. The van der Waals surface area contributed by atoms with Crippen LogP contribution in [0.4, 0.5) is 0 Å². The Morgan fingerprint density at radius 1 is 0.394 bits per heavy atom. The summed E-state index contributed by atoms with van der Waals surface area (Å²) >= 11 is 0. The van der Waals surface area contributed by atoms with E-state index in [4.69, 9.17) is 28.4 Å². The lowest BCUT2D eigenvalue weighted by Crippen LogP contribution is -2.27. The Bertz CT molecular complexity index is 1370. The lowest BCUT2D eigenvalue weighted by molar-refractivity contribution is -0.158. The van der Waals surface area contributed by atoms with Crippen LogP contribution in [0.3, 0.4) is 0 Å². The molecule has 1 atom stereocenters. The summed E-state index contributed by atoms with van der Waals surface area (Å²) in [7, 11) is 0. The SMILES string of the molecule is CCC=CCC=CCCOC(CCC(=O)OCCCCCCN(CCCCO)CCCCCCOC(=O)CCC(OCCC=CCC=CCC)OCCC=CCC=CCCC)OCCC=CCC=CCC. The molecular formula is C61H105NO9. The van der Waals surface area contributed by atoms with Crippen molar-refractivity contribution in [1.29, 1.82) is 0 Å². The van der Waals surface area contributed by atoms with Crippen LogP contribution in [0.1, 0.15) is 201 Å². The van der Waals surface area contributed by atoms with Gasteiger partial charge in [-0.3, -0.25) is 9.59 Å². The van der Waals surface area contributed by atoms with Crippen molar-refractivity contribution in [1.82, 2.24) is 4.90 Å². The number of hydrogen-bond donors (Lipinski definition) is 1. The summed E-state index contributed by atoms with van der Waals surface area (Å²) in [6.45, 7) is 14.9. The third-order valence-electron chi connectivity index (χ3n) is 11.3. The van der Waals surface area contributed by atoms with Crippen LogP contribution in [-0.2, 0) is 38.0 Å². The molecule has 0 saturated heterocycles. The van der Waals surface area contributed by atoms with E-state index in [9.17, 15) is 14.7 Å². The van der Waals surface area contributed by atoms with Gasteiger partial charge in [0, 0.05) is 19.4 Å². The van der Waals surface area contributed by atoms with E-state index < -0.39 is 12.6 Å². The fourth-order valence-electron chi connectivity index (χ4n) is 7.19. The first-order valence-electron chi connectivity index (χ1n) is 28.3. The number of hydrogen-bond acceptors (Lipinski definition) is 10. The molecular weight excluding hydrogens is 891 g/mol. The monoisotopic (exact) mass is 996 g/mol. The van der Waals surface area contributed by atoms with Crippen molar-refractivity contribution in [2.24, 2.45) is 0 Å². The van der Waals surface area contributed by atoms with E-state index in [1.807, 2.05) is 0 Å². The maximum atomic E-state index is 12.6. The second-order valence-corrected chi connectivity index (χ2v) is 17.8. The standard InChI is InChI=1S/C61H105NO9/c1-5-9-13-17-21-25-31-43-57-71-61(70-56-42-30-24-20-16-12-8-4)47-45-59(65)67-53-39-33-27-35-49-62(50-36-37-51-63)48-34-26-32-38-52-66-58(64)44-46-60(68-54-40-28-22-18-14-10-6-2)69-55-41-29-23-19-15-11-7-3/h10-17,22-25,28-31,60-61,63H,5-9,18-21,26-27,32-57H2,1-4H3. The van der Waals surface area contributed by atoms with E-state index in [0.29, 0.717) is 52.5 Å². The molecule has 0 fully saturated rings. The molecule has 0 bridgehead atoms. The van der Waals surface area contributed by atoms with Gasteiger partial charge in [-0.2, -0.15) is 0 Å². The highest BCUT2D eigenvalue weighted by atomic mass is 16.7. The quantitative estimate of drug-likeness (QED) is 0.0274. The number of allylic oxidation sites excluding steroid dienone is 12. The molecule has 0 aliphatic carbocycles. The molecule has 10 heteroatoms. The molecule has 0 heterocycles. The highest BCUT2D eigenvalue weighted by Crippen LogP contribution is 2.12. The first-order valence-corrected chi connectivity index (χ1v) is 28.3. The lowest BCUT2D eigenvalue weighted by Gasteiger charge is -2.22. The van der Waals surface area contributed by atoms with Crippen LogP contribution in [-0.4, -0.2) is 100 Å². The Labute approximate surface area is 435 Å². The van der Waals surface area contributed by atoms with Crippen LogP contribution in [0.2, 0.25) is 0 Å². The molecule has 0 aromatic heterocycles. The van der Waals surface area contributed by atoms with Gasteiger partial charge in [0.1, 0.15) is 0 Å². The number of nitrogens with zero attached hydrogens (tertiary/aromatic N) is 1. The second kappa shape index (κ2) is 57.5. The number of esters is 2. The molecule has 0 aromatic rings. The summed E-state index contributed by atoms with van der Waals surface area (Å²) in [5.41, 5.74) is 0. The highest BCUT2D eigenvalue weighted by Gasteiger charge is 2.15. The Hall–Kier alpha value is -3.38. The van der Waals surface area contributed by atoms with Crippen molar-refractivity contribution in [2.75, 3.05) is 65.9 Å². The smallest absolute Gasteiger partial charge is 0.305 e. The van der Waals surface area contributed by atoms with Crippen LogP contribution in [0, 0.1) is 0 Å².